The molecule has 0 atom stereocenters. The van der Waals surface area contributed by atoms with E-state index in [0.717, 1.165) is 33.9 Å². The van der Waals surface area contributed by atoms with Gasteiger partial charge in [0.05, 0.1) is 34.8 Å². The first-order chi connectivity index (χ1) is 10.1. The third kappa shape index (κ3) is 4.44. The van der Waals surface area contributed by atoms with Gasteiger partial charge in [0.2, 0.25) is 0 Å². The van der Waals surface area contributed by atoms with Gasteiger partial charge >= 0.3 is 0 Å². The van der Waals surface area contributed by atoms with Crippen molar-refractivity contribution in [1.82, 2.24) is 0 Å². The van der Waals surface area contributed by atoms with Crippen LogP contribution in [0.15, 0.2) is 39.8 Å². The van der Waals surface area contributed by atoms with Gasteiger partial charge < -0.3 is 9.73 Å². The molecule has 2 rings (SSSR count). The van der Waals surface area contributed by atoms with Crippen LogP contribution >= 0.6 is 35.9 Å². The summed E-state index contributed by atoms with van der Waals surface area (Å²) < 4.78 is 9.90. The highest BCUT2D eigenvalue weighted by atomic mass is 35.5. The van der Waals surface area contributed by atoms with E-state index in [0.29, 0.717) is 16.5 Å². The van der Waals surface area contributed by atoms with Crippen LogP contribution in [0.3, 0.4) is 0 Å². The van der Waals surface area contributed by atoms with Gasteiger partial charge in [0.25, 0.3) is 0 Å². The second kappa shape index (κ2) is 7.79. The Kier molecular flexibility index (Phi) is 6.04. The summed E-state index contributed by atoms with van der Waals surface area (Å²) in [5, 5.41) is 3.75. The van der Waals surface area contributed by atoms with Gasteiger partial charge in [0, 0.05) is 16.1 Å². The number of halogens is 1. The number of nitrogens with two attached hydrogens (primary N) is 1. The van der Waals surface area contributed by atoms with Crippen molar-refractivity contribution in [3.05, 3.63) is 46.9 Å². The van der Waals surface area contributed by atoms with Crippen molar-refractivity contribution in [3.8, 4) is 0 Å². The smallest absolute Gasteiger partial charge is 0.122 e. The Bertz CT molecular complexity index is 620. The molecule has 1 heterocycles. The normalized spacial score (nSPS) is 10.6. The second-order valence-corrected chi connectivity index (χ2v) is 5.83. The molecule has 0 bridgehead atoms. The molecule has 1 aromatic heterocycles. The maximum atomic E-state index is 6.20. The average Bonchev–Trinajstić information content (AvgIpc) is 2.97. The van der Waals surface area contributed by atoms with Gasteiger partial charge in [-0.3, -0.25) is 0 Å². The van der Waals surface area contributed by atoms with E-state index in [1.165, 1.54) is 0 Å². The number of hydrogen-bond donors (Lipinski definition) is 2. The summed E-state index contributed by atoms with van der Waals surface area (Å²) >= 11 is 12.4. The maximum absolute atomic E-state index is 6.20. The fraction of sp³-hybridized carbons (Fsp3) is 0.154. The number of anilines is 1. The molecular formula is C13H13ClN2O3S2. The molecule has 0 amide bonds. The Labute approximate surface area is 136 Å². The molecule has 0 aliphatic heterocycles. The number of rotatable bonds is 7. The lowest BCUT2D eigenvalue weighted by molar-refractivity contribution is -0.195. The highest BCUT2D eigenvalue weighted by molar-refractivity contribution is 7.94. The highest BCUT2D eigenvalue weighted by Gasteiger charge is 2.12. The van der Waals surface area contributed by atoms with Crippen LogP contribution in [0.25, 0.3) is 0 Å². The molecular weight excluding hydrogens is 332 g/mol. The zero-order valence-electron chi connectivity index (χ0n) is 11.1. The molecule has 0 unspecified atom stereocenters. The topological polar surface area (TPSA) is 69.7 Å². The molecule has 0 aliphatic rings. The Morgan fingerprint density at radius 1 is 1.52 bits per heavy atom. The molecule has 0 spiro atoms. The van der Waals surface area contributed by atoms with Gasteiger partial charge in [-0.1, -0.05) is 23.8 Å². The van der Waals surface area contributed by atoms with Crippen LogP contribution in [0.1, 0.15) is 18.2 Å². The third-order valence-corrected chi connectivity index (χ3v) is 3.96. The first-order valence-electron chi connectivity index (χ1n) is 5.92. The van der Waals surface area contributed by atoms with Gasteiger partial charge in [-0.15, -0.1) is 9.32 Å². The summed E-state index contributed by atoms with van der Waals surface area (Å²) in [7, 11) is 0. The predicted molar refractivity (Wildman–Crippen MR) is 87.1 cm³/mol. The monoisotopic (exact) mass is 344 g/mol. The lowest BCUT2D eigenvalue weighted by Crippen LogP contribution is -2.05. The Balaban J connectivity index is 2.22. The van der Waals surface area contributed by atoms with Crippen molar-refractivity contribution in [2.24, 2.45) is 5.90 Å². The Hall–Kier alpha value is -1.09. The van der Waals surface area contributed by atoms with Crippen molar-refractivity contribution < 1.29 is 13.7 Å². The van der Waals surface area contributed by atoms with Gasteiger partial charge in [-0.05, 0) is 31.2 Å². The first kappa shape index (κ1) is 16.3. The number of benzene rings is 1. The second-order valence-electron chi connectivity index (χ2n) is 4.06. The molecule has 8 heteroatoms. The van der Waals surface area contributed by atoms with Crippen LogP contribution in [-0.2, 0) is 15.9 Å². The molecule has 0 radical (unpaired) electrons. The van der Waals surface area contributed by atoms with E-state index in [2.05, 4.69) is 14.6 Å². The minimum Gasteiger partial charge on any atom is -0.467 e. The van der Waals surface area contributed by atoms with Crippen LogP contribution in [0.4, 0.5) is 5.69 Å². The summed E-state index contributed by atoms with van der Waals surface area (Å²) in [6.07, 6.45) is 1.62. The highest BCUT2D eigenvalue weighted by Crippen LogP contribution is 2.33. The molecule has 3 N–H and O–H groups in total. The minimum atomic E-state index is 0.499. The van der Waals surface area contributed by atoms with Crippen molar-refractivity contribution in [1.29, 1.82) is 0 Å². The van der Waals surface area contributed by atoms with E-state index in [1.807, 2.05) is 25.1 Å². The number of thiocarbonyl (C=S) groups is 1. The van der Waals surface area contributed by atoms with Crippen LogP contribution in [-0.4, -0.2) is 4.86 Å². The number of furan rings is 1. The van der Waals surface area contributed by atoms with E-state index < -0.39 is 0 Å². The van der Waals surface area contributed by atoms with Crippen LogP contribution < -0.4 is 11.2 Å². The average molecular weight is 345 g/mol. The number of hydrogen-bond acceptors (Lipinski definition) is 7. The lowest BCUT2D eigenvalue weighted by Gasteiger charge is -2.13. The molecule has 112 valence electrons. The predicted octanol–water partition coefficient (Wildman–Crippen LogP) is 4.11. The minimum absolute atomic E-state index is 0.499. The van der Waals surface area contributed by atoms with Crippen LogP contribution in [0.2, 0.25) is 5.02 Å². The molecule has 0 saturated heterocycles. The van der Waals surface area contributed by atoms with E-state index in [9.17, 15) is 0 Å². The molecule has 0 fully saturated rings. The van der Waals surface area contributed by atoms with E-state index in [-0.39, 0.29) is 0 Å². The molecule has 0 aliphatic carbocycles. The maximum Gasteiger partial charge on any atom is 0.122 e. The number of nitrogens with one attached hydrogen (secondary N) is 1. The Morgan fingerprint density at radius 3 is 2.95 bits per heavy atom. The van der Waals surface area contributed by atoms with E-state index in [1.54, 1.807) is 12.3 Å². The van der Waals surface area contributed by atoms with Crippen molar-refractivity contribution in [2.45, 2.75) is 18.4 Å². The molecule has 21 heavy (non-hydrogen) atoms. The van der Waals surface area contributed by atoms with Gasteiger partial charge in [-0.25, -0.2) is 0 Å². The standard InChI is InChI=1S/C13H13ClN2O3S2/c1-8(20)10-5-13(21-19-18-15)11(14)6-12(10)16-7-9-3-2-4-17-9/h2-6,16H,7,15H2,1H3. The van der Waals surface area contributed by atoms with Crippen LogP contribution in [0.5, 0.6) is 0 Å². The summed E-state index contributed by atoms with van der Waals surface area (Å²) in [5.74, 6) is 5.64. The van der Waals surface area contributed by atoms with Crippen molar-refractivity contribution >= 4 is 46.4 Å². The summed E-state index contributed by atoms with van der Waals surface area (Å²) in [6.45, 7) is 2.37. The SMILES string of the molecule is CC(=S)c1cc(SOON)c(Cl)cc1NCc1ccco1. The molecule has 0 saturated carbocycles. The fourth-order valence-electron chi connectivity index (χ4n) is 1.71. The largest absolute Gasteiger partial charge is 0.467 e. The third-order valence-electron chi connectivity index (χ3n) is 2.65. The molecule has 5 nitrogen and oxygen atoms in total. The summed E-state index contributed by atoms with van der Waals surface area (Å²) in [4.78, 5) is 5.45. The fourth-order valence-corrected chi connectivity index (χ4v) is 2.55. The summed E-state index contributed by atoms with van der Waals surface area (Å²) in [6, 6.07) is 7.31. The summed E-state index contributed by atoms with van der Waals surface area (Å²) in [5.41, 5.74) is 1.67. The van der Waals surface area contributed by atoms with Gasteiger partial charge in [0.1, 0.15) is 5.76 Å². The van der Waals surface area contributed by atoms with Crippen molar-refractivity contribution in [3.63, 3.8) is 0 Å². The quantitative estimate of drug-likeness (QED) is 0.257. The van der Waals surface area contributed by atoms with E-state index in [4.69, 9.17) is 34.1 Å². The molecule has 1 aromatic carbocycles. The first-order valence-corrected chi connectivity index (χ1v) is 7.45. The van der Waals surface area contributed by atoms with Gasteiger partial charge in [0.15, 0.2) is 0 Å². The lowest BCUT2D eigenvalue weighted by atomic mass is 10.1. The zero-order chi connectivity index (χ0) is 15.2. The molecule has 2 aromatic rings. The van der Waals surface area contributed by atoms with Crippen molar-refractivity contribution in [2.75, 3.05) is 5.32 Å². The van der Waals surface area contributed by atoms with E-state index >= 15 is 0 Å². The van der Waals surface area contributed by atoms with Gasteiger partial charge in [-0.2, -0.15) is 5.90 Å². The van der Waals surface area contributed by atoms with Crippen LogP contribution in [0, 0.1) is 0 Å². The Morgan fingerprint density at radius 2 is 2.33 bits per heavy atom. The zero-order valence-corrected chi connectivity index (χ0v) is 13.5.